The Bertz CT molecular complexity index is 1920. The summed E-state index contributed by atoms with van der Waals surface area (Å²) in [7, 11) is 0. The molecule has 3 rings (SSSR count). The van der Waals surface area contributed by atoms with Gasteiger partial charge in [0, 0.05) is 26.2 Å². The van der Waals surface area contributed by atoms with E-state index in [-0.39, 0.29) is 38.7 Å². The Morgan fingerprint density at radius 3 is 1.44 bits per heavy atom. The average Bonchev–Trinajstić information content (AvgIpc) is 3.24. The number of nitrogens with one attached hydrogen (secondary N) is 6. The van der Waals surface area contributed by atoms with Crippen LogP contribution < -0.4 is 43.4 Å². The van der Waals surface area contributed by atoms with Crippen molar-refractivity contribution in [3.05, 3.63) is 108 Å². The van der Waals surface area contributed by atoms with Crippen LogP contribution >= 0.6 is 0 Å². The molecule has 328 valence electrons. The van der Waals surface area contributed by atoms with Crippen LogP contribution in [-0.2, 0) is 62.5 Å². The van der Waals surface area contributed by atoms with E-state index in [1.807, 2.05) is 6.07 Å². The molecule has 0 heterocycles. The first-order chi connectivity index (χ1) is 29.2. The Balaban J connectivity index is 1.88. The minimum atomic E-state index is -1.42. The molecule has 0 aromatic heterocycles. The molecular weight excluding hydrogens is 785 g/mol. The second-order valence-corrected chi connectivity index (χ2v) is 14.6. The molecule has 0 aliphatic carbocycles. The fourth-order valence-electron chi connectivity index (χ4n) is 6.07. The van der Waals surface area contributed by atoms with Crippen molar-refractivity contribution in [3.8, 4) is 0 Å². The van der Waals surface area contributed by atoms with E-state index in [1.54, 1.807) is 84.9 Å². The van der Waals surface area contributed by atoms with Crippen molar-refractivity contribution in [1.82, 2.24) is 31.9 Å². The summed E-state index contributed by atoms with van der Waals surface area (Å²) in [5, 5.41) is 15.7. The summed E-state index contributed by atoms with van der Waals surface area (Å²) in [6.07, 6.45) is 0.836. The maximum Gasteiger partial charge on any atom is 0.306 e. The van der Waals surface area contributed by atoms with Gasteiger partial charge in [-0.25, -0.2) is 0 Å². The number of unbranched alkanes of at least 4 members (excludes halogenated alkanes) is 1. The average molecular weight is 843 g/mol. The van der Waals surface area contributed by atoms with Gasteiger partial charge in [-0.2, -0.15) is 0 Å². The van der Waals surface area contributed by atoms with Crippen molar-refractivity contribution in [2.24, 2.45) is 11.5 Å². The largest absolute Gasteiger partial charge is 0.461 e. The highest BCUT2D eigenvalue weighted by molar-refractivity contribution is 5.97. The van der Waals surface area contributed by atoms with Gasteiger partial charge in [0.25, 0.3) is 0 Å². The molecule has 0 radical (unpaired) electrons. The number of rotatable bonds is 25. The van der Waals surface area contributed by atoms with E-state index in [4.69, 9.17) is 16.2 Å². The van der Waals surface area contributed by atoms with Gasteiger partial charge in [-0.1, -0.05) is 91.0 Å². The van der Waals surface area contributed by atoms with E-state index in [0.29, 0.717) is 30.5 Å². The molecule has 0 bridgehead atoms. The second kappa shape index (κ2) is 25.8. The van der Waals surface area contributed by atoms with Crippen molar-refractivity contribution in [3.63, 3.8) is 0 Å². The Kier molecular flexibility index (Phi) is 20.6. The minimum absolute atomic E-state index is 0.0258. The minimum Gasteiger partial charge on any atom is -0.461 e. The van der Waals surface area contributed by atoms with Crippen LogP contribution in [0.4, 0.5) is 0 Å². The lowest BCUT2D eigenvalue weighted by atomic mass is 10.0. The number of hydrogen-bond donors (Lipinski definition) is 8. The lowest BCUT2D eigenvalue weighted by molar-refractivity contribution is -0.145. The first kappa shape index (κ1) is 48.7. The van der Waals surface area contributed by atoms with Crippen molar-refractivity contribution in [2.75, 3.05) is 6.54 Å². The predicted octanol–water partition coefficient (Wildman–Crippen LogP) is 0.578. The first-order valence-corrected chi connectivity index (χ1v) is 20.2. The normalized spacial score (nSPS) is 13.7. The van der Waals surface area contributed by atoms with E-state index in [1.165, 1.54) is 20.8 Å². The van der Waals surface area contributed by atoms with Crippen LogP contribution in [0.2, 0.25) is 0 Å². The van der Waals surface area contributed by atoms with Crippen molar-refractivity contribution >= 4 is 47.3 Å². The maximum atomic E-state index is 14.2. The van der Waals surface area contributed by atoms with Crippen LogP contribution in [0.15, 0.2) is 91.0 Å². The van der Waals surface area contributed by atoms with Crippen molar-refractivity contribution in [2.45, 2.75) is 109 Å². The van der Waals surface area contributed by atoms with Crippen LogP contribution in [0.5, 0.6) is 0 Å². The molecule has 0 spiro atoms. The highest BCUT2D eigenvalue weighted by Gasteiger charge is 2.32. The van der Waals surface area contributed by atoms with E-state index in [0.717, 1.165) is 5.56 Å². The van der Waals surface area contributed by atoms with E-state index < -0.39 is 83.6 Å². The summed E-state index contributed by atoms with van der Waals surface area (Å²) in [6, 6.07) is 19.4. The number of ether oxygens (including phenoxy) is 1. The molecule has 0 aliphatic heterocycles. The zero-order chi connectivity index (χ0) is 44.7. The number of primary amides is 1. The predicted molar refractivity (Wildman–Crippen MR) is 226 cm³/mol. The summed E-state index contributed by atoms with van der Waals surface area (Å²) in [6.45, 7) is 4.43. The second-order valence-electron chi connectivity index (χ2n) is 14.6. The van der Waals surface area contributed by atoms with Gasteiger partial charge < -0.3 is 48.1 Å². The molecule has 61 heavy (non-hydrogen) atoms. The van der Waals surface area contributed by atoms with Crippen LogP contribution in [0.3, 0.4) is 0 Å². The van der Waals surface area contributed by atoms with Gasteiger partial charge in [-0.3, -0.25) is 38.4 Å². The Morgan fingerprint density at radius 1 is 0.525 bits per heavy atom. The molecule has 0 saturated heterocycles. The van der Waals surface area contributed by atoms with Crippen LogP contribution in [0.25, 0.3) is 0 Å². The highest BCUT2D eigenvalue weighted by atomic mass is 16.5. The summed E-state index contributed by atoms with van der Waals surface area (Å²) < 4.78 is 5.40. The Morgan fingerprint density at radius 2 is 0.951 bits per heavy atom. The topological polar surface area (TPSA) is 270 Å². The third kappa shape index (κ3) is 18.0. The monoisotopic (exact) mass is 842 g/mol. The zero-order valence-corrected chi connectivity index (χ0v) is 34.8. The lowest BCUT2D eigenvalue weighted by Gasteiger charge is -2.27. The first-order valence-electron chi connectivity index (χ1n) is 20.2. The summed E-state index contributed by atoms with van der Waals surface area (Å²) in [4.78, 5) is 105. The SMILES string of the molecule is CC(=O)N[C@@H](CCCCN)C(=O)N[C@@H](C)C(=O)N[C@@H](CCC(=O)OCc1ccccc1)C(=O)N[C@@H](Cc1ccccc1)C(=O)N[C@@H](Cc1ccccc1)C(=O)N[C@@H](C)C(N)=O. The number of nitrogens with two attached hydrogens (primary N) is 2. The summed E-state index contributed by atoms with van der Waals surface area (Å²) >= 11 is 0. The molecule has 0 saturated carbocycles. The smallest absolute Gasteiger partial charge is 0.306 e. The number of amides is 7. The molecule has 17 nitrogen and oxygen atoms in total. The molecule has 0 fully saturated rings. The van der Waals surface area contributed by atoms with Gasteiger partial charge in [0.05, 0.1) is 0 Å². The third-order valence-electron chi connectivity index (χ3n) is 9.52. The summed E-state index contributed by atoms with van der Waals surface area (Å²) in [5.41, 5.74) is 13.1. The molecular formula is C44H58N8O9. The van der Waals surface area contributed by atoms with Crippen LogP contribution in [0, 0.1) is 0 Å². The highest BCUT2D eigenvalue weighted by Crippen LogP contribution is 2.11. The number of carbonyl (C=O) groups is 8. The number of hydrogen-bond acceptors (Lipinski definition) is 10. The van der Waals surface area contributed by atoms with Gasteiger partial charge in [-0.15, -0.1) is 0 Å². The summed E-state index contributed by atoms with van der Waals surface area (Å²) in [5.74, 6) is -5.60. The third-order valence-corrected chi connectivity index (χ3v) is 9.52. The van der Waals surface area contributed by atoms with E-state index >= 15 is 0 Å². The fourth-order valence-corrected chi connectivity index (χ4v) is 6.07. The standard InChI is InChI=1S/C44H58N8O9/c1-28(39(46)55)47-43(59)36(25-31-15-7-4-8-16-31)52-44(60)37(26-32-17-9-5-10-18-32)51-42(58)35(22-23-38(54)61-27-33-19-11-6-12-20-33)50-40(56)29(2)48-41(57)34(49-30(3)53)21-13-14-24-45/h4-12,15-20,28-29,34-37H,13-14,21-27,45H2,1-3H3,(H2,46,55)(H,47,59)(H,48,57)(H,49,53)(H,50,56)(H,51,58)(H,52,60)/t28-,29-,34-,35-,36-,37-/m0/s1. The lowest BCUT2D eigenvalue weighted by Crippen LogP contribution is -2.60. The Labute approximate surface area is 355 Å². The quantitative estimate of drug-likeness (QED) is 0.0434. The van der Waals surface area contributed by atoms with E-state index in [2.05, 4.69) is 31.9 Å². The van der Waals surface area contributed by atoms with E-state index in [9.17, 15) is 38.4 Å². The van der Waals surface area contributed by atoms with Gasteiger partial charge in [0.2, 0.25) is 41.4 Å². The van der Waals surface area contributed by atoms with Gasteiger partial charge in [0.15, 0.2) is 0 Å². The molecule has 0 unspecified atom stereocenters. The van der Waals surface area contributed by atoms with Crippen molar-refractivity contribution < 1.29 is 43.1 Å². The molecule has 0 aliphatic rings. The van der Waals surface area contributed by atoms with Gasteiger partial charge >= 0.3 is 5.97 Å². The van der Waals surface area contributed by atoms with Crippen LogP contribution in [0.1, 0.15) is 69.6 Å². The molecule has 6 atom stereocenters. The fraction of sp³-hybridized carbons (Fsp3) is 0.409. The molecule has 10 N–H and O–H groups in total. The van der Waals surface area contributed by atoms with Crippen molar-refractivity contribution in [1.29, 1.82) is 0 Å². The molecule has 17 heteroatoms. The number of carbonyl (C=O) groups excluding carboxylic acids is 8. The number of esters is 1. The molecule has 3 aromatic carbocycles. The van der Waals surface area contributed by atoms with Gasteiger partial charge in [0.1, 0.15) is 42.9 Å². The molecule has 3 aromatic rings. The Hall–Kier alpha value is -6.62. The number of benzene rings is 3. The van der Waals surface area contributed by atoms with Crippen LogP contribution in [-0.4, -0.2) is 90.1 Å². The zero-order valence-electron chi connectivity index (χ0n) is 34.8. The molecule has 7 amide bonds. The van der Waals surface area contributed by atoms with Gasteiger partial charge in [-0.05, 0) is 62.8 Å². The maximum absolute atomic E-state index is 14.2.